The van der Waals surface area contributed by atoms with Crippen molar-refractivity contribution in [3.63, 3.8) is 0 Å². The average molecular weight is 627 g/mol. The summed E-state index contributed by atoms with van der Waals surface area (Å²) in [6.45, 7) is 0. The number of nitrogens with zero attached hydrogens (tertiary/aromatic N) is 2. The van der Waals surface area contributed by atoms with Crippen LogP contribution < -0.4 is 0 Å². The van der Waals surface area contributed by atoms with Gasteiger partial charge in [0.25, 0.3) is 0 Å². The van der Waals surface area contributed by atoms with Crippen molar-refractivity contribution in [1.29, 1.82) is 0 Å². The van der Waals surface area contributed by atoms with Crippen molar-refractivity contribution in [3.05, 3.63) is 158 Å². The SMILES string of the molecule is c1ccc2c(c1)ccc1sc3c(cc(-c4ccc(-c5ccc6c7ccccc7c7ccccc7c6c5)cc4)n4c5ccccc5nc34)c12. The molecule has 0 spiro atoms. The second-order valence-corrected chi connectivity index (χ2v) is 13.8. The van der Waals surface area contributed by atoms with Gasteiger partial charge < -0.3 is 0 Å². The Labute approximate surface area is 279 Å². The van der Waals surface area contributed by atoms with Crippen LogP contribution in [0.5, 0.6) is 0 Å². The first-order chi connectivity index (χ1) is 23.8. The molecule has 48 heavy (non-hydrogen) atoms. The molecule has 222 valence electrons. The number of imidazole rings is 1. The van der Waals surface area contributed by atoms with E-state index in [9.17, 15) is 0 Å². The van der Waals surface area contributed by atoms with Gasteiger partial charge in [-0.3, -0.25) is 4.40 Å². The van der Waals surface area contributed by atoms with Crippen LogP contribution in [0.3, 0.4) is 0 Å². The number of fused-ring (bicyclic) bond motifs is 15. The number of benzene rings is 8. The van der Waals surface area contributed by atoms with Gasteiger partial charge in [0, 0.05) is 15.5 Å². The predicted molar refractivity (Wildman–Crippen MR) is 206 cm³/mol. The van der Waals surface area contributed by atoms with Crippen molar-refractivity contribution < 1.29 is 0 Å². The molecule has 3 heteroatoms. The highest BCUT2D eigenvalue weighted by Crippen LogP contribution is 2.44. The van der Waals surface area contributed by atoms with Gasteiger partial charge in [0.15, 0.2) is 5.65 Å². The lowest BCUT2D eigenvalue weighted by atomic mass is 9.92. The Balaban J connectivity index is 1.14. The predicted octanol–water partition coefficient (Wildman–Crippen LogP) is 12.8. The molecule has 8 aromatic carbocycles. The van der Waals surface area contributed by atoms with Gasteiger partial charge in [-0.1, -0.05) is 127 Å². The monoisotopic (exact) mass is 626 g/mol. The Morgan fingerprint density at radius 3 is 1.81 bits per heavy atom. The summed E-state index contributed by atoms with van der Waals surface area (Å²) in [6, 6.07) is 57.7. The Bertz CT molecular complexity index is 3070. The van der Waals surface area contributed by atoms with E-state index in [2.05, 4.69) is 162 Å². The number of pyridine rings is 1. The third-order valence-corrected chi connectivity index (χ3v) is 11.3. The smallest absolute Gasteiger partial charge is 0.156 e. The van der Waals surface area contributed by atoms with Gasteiger partial charge in [0.05, 0.1) is 21.4 Å². The fourth-order valence-corrected chi connectivity index (χ4v) is 9.13. The van der Waals surface area contributed by atoms with E-state index >= 15 is 0 Å². The van der Waals surface area contributed by atoms with E-state index in [0.717, 1.165) is 22.4 Å². The summed E-state index contributed by atoms with van der Waals surface area (Å²) in [5.41, 5.74) is 7.92. The van der Waals surface area contributed by atoms with E-state index < -0.39 is 0 Å². The molecule has 0 saturated carbocycles. The largest absolute Gasteiger partial charge is 0.291 e. The maximum atomic E-state index is 5.22. The number of hydrogen-bond donors (Lipinski definition) is 0. The standard InChI is InChI=1S/C45H26N2S/c1-2-10-31-28(9-1)22-24-42-43(31)38-26-41(47-40-16-8-7-15-39(40)46-45(47)44(38)48-42)29-19-17-27(18-20-29)30-21-23-36-34-13-4-3-11-32(34)33-12-5-6-14-35(33)37(36)25-30/h1-26H. The molecule has 0 aliphatic heterocycles. The van der Waals surface area contributed by atoms with Crippen molar-refractivity contribution in [2.24, 2.45) is 0 Å². The van der Waals surface area contributed by atoms with Crippen molar-refractivity contribution in [3.8, 4) is 22.4 Å². The third kappa shape index (κ3) is 3.59. The molecular weight excluding hydrogens is 601 g/mol. The number of thiophene rings is 1. The molecule has 0 atom stereocenters. The highest BCUT2D eigenvalue weighted by molar-refractivity contribution is 7.26. The van der Waals surface area contributed by atoms with E-state index in [4.69, 9.17) is 4.98 Å². The van der Waals surface area contributed by atoms with Crippen molar-refractivity contribution >= 4 is 91.3 Å². The summed E-state index contributed by atoms with van der Waals surface area (Å²) < 4.78 is 4.88. The molecule has 11 aromatic rings. The summed E-state index contributed by atoms with van der Waals surface area (Å²) in [7, 11) is 0. The van der Waals surface area contributed by atoms with E-state index in [0.29, 0.717) is 0 Å². The third-order valence-electron chi connectivity index (χ3n) is 10.2. The maximum absolute atomic E-state index is 5.22. The molecule has 11 rings (SSSR count). The summed E-state index contributed by atoms with van der Waals surface area (Å²) in [5.74, 6) is 0. The van der Waals surface area contributed by atoms with Gasteiger partial charge in [0.1, 0.15) is 0 Å². The average Bonchev–Trinajstić information content (AvgIpc) is 3.74. The number of para-hydroxylation sites is 2. The van der Waals surface area contributed by atoms with Crippen LogP contribution in [0.25, 0.3) is 102 Å². The molecule has 0 saturated heterocycles. The highest BCUT2D eigenvalue weighted by Gasteiger charge is 2.19. The minimum atomic E-state index is 1.01. The number of rotatable bonds is 2. The first kappa shape index (κ1) is 26.1. The minimum absolute atomic E-state index is 1.01. The summed E-state index contributed by atoms with van der Waals surface area (Å²) in [6.07, 6.45) is 0. The zero-order valence-electron chi connectivity index (χ0n) is 25.8. The van der Waals surface area contributed by atoms with E-state index in [1.165, 1.54) is 80.0 Å². The van der Waals surface area contributed by atoms with Crippen LogP contribution in [-0.4, -0.2) is 9.38 Å². The second-order valence-electron chi connectivity index (χ2n) is 12.7. The fourth-order valence-electron chi connectivity index (χ4n) is 7.95. The second kappa shape index (κ2) is 9.74. The molecule has 0 aliphatic carbocycles. The topological polar surface area (TPSA) is 17.3 Å². The molecule has 0 radical (unpaired) electrons. The Kier molecular flexibility index (Phi) is 5.29. The Hall–Kier alpha value is -6.03. The van der Waals surface area contributed by atoms with Crippen LogP contribution in [0.4, 0.5) is 0 Å². The molecule has 0 N–H and O–H groups in total. The zero-order valence-corrected chi connectivity index (χ0v) is 26.6. The Morgan fingerprint density at radius 2 is 1.04 bits per heavy atom. The van der Waals surface area contributed by atoms with Crippen LogP contribution in [0.15, 0.2) is 158 Å². The van der Waals surface area contributed by atoms with Gasteiger partial charge in [-0.05, 0) is 90.1 Å². The van der Waals surface area contributed by atoms with Gasteiger partial charge in [-0.25, -0.2) is 4.98 Å². The molecular formula is C45H26N2S. The van der Waals surface area contributed by atoms with Gasteiger partial charge in [-0.15, -0.1) is 11.3 Å². The van der Waals surface area contributed by atoms with Gasteiger partial charge in [0.2, 0.25) is 0 Å². The molecule has 0 bridgehead atoms. The normalized spacial score (nSPS) is 12.2. The summed E-state index contributed by atoms with van der Waals surface area (Å²) >= 11 is 1.84. The van der Waals surface area contributed by atoms with Gasteiger partial charge >= 0.3 is 0 Å². The van der Waals surface area contributed by atoms with E-state index in [-0.39, 0.29) is 0 Å². The van der Waals surface area contributed by atoms with E-state index in [1.54, 1.807) is 0 Å². The number of aromatic nitrogens is 2. The molecule has 2 nitrogen and oxygen atoms in total. The molecule has 3 aromatic heterocycles. The molecule has 0 unspecified atom stereocenters. The van der Waals surface area contributed by atoms with Crippen LogP contribution in [0.2, 0.25) is 0 Å². The van der Waals surface area contributed by atoms with Crippen LogP contribution >= 0.6 is 11.3 Å². The minimum Gasteiger partial charge on any atom is -0.291 e. The van der Waals surface area contributed by atoms with Gasteiger partial charge in [-0.2, -0.15) is 0 Å². The first-order valence-electron chi connectivity index (χ1n) is 16.4. The quantitative estimate of drug-likeness (QED) is 0.175. The van der Waals surface area contributed by atoms with E-state index in [1.807, 2.05) is 11.3 Å². The lowest BCUT2D eigenvalue weighted by Gasteiger charge is -2.13. The van der Waals surface area contributed by atoms with Crippen molar-refractivity contribution in [1.82, 2.24) is 9.38 Å². The molecule has 0 aliphatic rings. The highest BCUT2D eigenvalue weighted by atomic mass is 32.1. The molecule has 0 amide bonds. The lowest BCUT2D eigenvalue weighted by Crippen LogP contribution is -1.93. The summed E-state index contributed by atoms with van der Waals surface area (Å²) in [5, 5.41) is 12.9. The summed E-state index contributed by atoms with van der Waals surface area (Å²) in [4.78, 5) is 5.22. The zero-order chi connectivity index (χ0) is 31.3. The van der Waals surface area contributed by atoms with Crippen LogP contribution in [0.1, 0.15) is 0 Å². The fraction of sp³-hybridized carbons (Fsp3) is 0. The van der Waals surface area contributed by atoms with Crippen molar-refractivity contribution in [2.45, 2.75) is 0 Å². The molecule has 0 fully saturated rings. The van der Waals surface area contributed by atoms with Crippen LogP contribution in [0, 0.1) is 0 Å². The lowest BCUT2D eigenvalue weighted by molar-refractivity contribution is 1.25. The van der Waals surface area contributed by atoms with Crippen LogP contribution in [-0.2, 0) is 0 Å². The first-order valence-corrected chi connectivity index (χ1v) is 17.2. The maximum Gasteiger partial charge on any atom is 0.156 e. The molecule has 3 heterocycles. The Morgan fingerprint density at radius 1 is 0.438 bits per heavy atom. The van der Waals surface area contributed by atoms with Crippen molar-refractivity contribution in [2.75, 3.05) is 0 Å². The number of hydrogen-bond acceptors (Lipinski definition) is 2.